The zero-order valence-electron chi connectivity index (χ0n) is 7.98. The fraction of sp³-hybridized carbons (Fsp3) is 0.625. The van der Waals surface area contributed by atoms with Crippen molar-refractivity contribution in [2.75, 3.05) is 7.11 Å². The molecule has 0 N–H and O–H groups in total. The second kappa shape index (κ2) is 4.19. The van der Waals surface area contributed by atoms with Gasteiger partial charge in [0.15, 0.2) is 0 Å². The Hall–Kier alpha value is -1.43. The minimum atomic E-state index is -0.827. The first kappa shape index (κ1) is 10.6. The molecule has 1 aliphatic heterocycles. The van der Waals surface area contributed by atoms with Crippen molar-refractivity contribution < 1.29 is 24.0 Å². The predicted octanol–water partition coefficient (Wildman–Crippen LogP) is -0.372. The van der Waals surface area contributed by atoms with E-state index in [1.807, 2.05) is 0 Å². The molecule has 1 aliphatic rings. The van der Waals surface area contributed by atoms with Crippen molar-refractivity contribution in [3.05, 3.63) is 0 Å². The third-order valence-corrected chi connectivity index (χ3v) is 1.83. The Morgan fingerprint density at radius 1 is 1.57 bits per heavy atom. The molecule has 1 rings (SSSR count). The fourth-order valence-electron chi connectivity index (χ4n) is 1.03. The maximum absolute atomic E-state index is 11.3. The molecule has 0 aromatic carbocycles. The summed E-state index contributed by atoms with van der Waals surface area (Å²) in [6.07, 6.45) is -0.798. The van der Waals surface area contributed by atoms with Crippen LogP contribution in [0.4, 0.5) is 0 Å². The third-order valence-electron chi connectivity index (χ3n) is 1.83. The van der Waals surface area contributed by atoms with E-state index < -0.39 is 23.9 Å². The number of carbonyl (C=O) groups excluding carboxylic acids is 3. The number of methoxy groups -OCH3 is 1. The highest BCUT2D eigenvalue weighted by Crippen LogP contribution is 2.16. The van der Waals surface area contributed by atoms with Crippen LogP contribution in [0, 0.1) is 0 Å². The summed E-state index contributed by atoms with van der Waals surface area (Å²) >= 11 is 0. The quantitative estimate of drug-likeness (QED) is 0.582. The zero-order chi connectivity index (χ0) is 10.7. The van der Waals surface area contributed by atoms with E-state index in [1.54, 1.807) is 6.92 Å². The van der Waals surface area contributed by atoms with E-state index >= 15 is 0 Å². The maximum atomic E-state index is 11.3. The van der Waals surface area contributed by atoms with Gasteiger partial charge in [0, 0.05) is 13.5 Å². The second-order valence-corrected chi connectivity index (χ2v) is 2.77. The summed E-state index contributed by atoms with van der Waals surface area (Å²) in [5.74, 6) is -1.80. The zero-order valence-corrected chi connectivity index (χ0v) is 7.98. The Bertz CT molecular complexity index is 275. The van der Waals surface area contributed by atoms with Crippen LogP contribution in [0.25, 0.3) is 0 Å². The summed E-state index contributed by atoms with van der Waals surface area (Å²) in [7, 11) is 1.32. The van der Waals surface area contributed by atoms with Crippen molar-refractivity contribution >= 4 is 17.8 Å². The number of hydrogen-bond donors (Lipinski definition) is 0. The Labute approximate surface area is 80.7 Å². The van der Waals surface area contributed by atoms with Gasteiger partial charge in [-0.05, 0) is 0 Å². The minimum absolute atomic E-state index is 0.0771. The third kappa shape index (κ3) is 1.90. The van der Waals surface area contributed by atoms with Crippen molar-refractivity contribution in [2.24, 2.45) is 0 Å². The Morgan fingerprint density at radius 2 is 2.21 bits per heavy atom. The summed E-state index contributed by atoms with van der Waals surface area (Å²) in [6.45, 7) is 1.57. The van der Waals surface area contributed by atoms with E-state index in [-0.39, 0.29) is 12.8 Å². The molecule has 0 aromatic rings. The van der Waals surface area contributed by atoms with Gasteiger partial charge in [-0.2, -0.15) is 0 Å². The standard InChI is InChI=1S/C8H11NO5/c1-3-7(11)14-9-6(10)4-5(13-2)8(9)12/h5H,3-4H2,1-2H3. The van der Waals surface area contributed by atoms with Crippen LogP contribution in [0.3, 0.4) is 0 Å². The summed E-state index contributed by atoms with van der Waals surface area (Å²) in [6, 6.07) is 0. The van der Waals surface area contributed by atoms with Gasteiger partial charge in [-0.3, -0.25) is 9.59 Å². The molecule has 0 spiro atoms. The van der Waals surface area contributed by atoms with Crippen molar-refractivity contribution in [1.29, 1.82) is 0 Å². The number of hydroxylamine groups is 2. The first-order valence-electron chi connectivity index (χ1n) is 4.20. The van der Waals surface area contributed by atoms with Gasteiger partial charge in [-0.1, -0.05) is 12.0 Å². The van der Waals surface area contributed by atoms with Crippen LogP contribution in [0.15, 0.2) is 0 Å². The summed E-state index contributed by atoms with van der Waals surface area (Å²) in [4.78, 5) is 37.8. The highest BCUT2D eigenvalue weighted by atomic mass is 16.7. The molecule has 6 nitrogen and oxygen atoms in total. The lowest BCUT2D eigenvalue weighted by Crippen LogP contribution is -2.34. The summed E-state index contributed by atoms with van der Waals surface area (Å²) < 4.78 is 4.74. The molecule has 14 heavy (non-hydrogen) atoms. The van der Waals surface area contributed by atoms with Gasteiger partial charge < -0.3 is 9.57 Å². The lowest BCUT2D eigenvalue weighted by molar-refractivity contribution is -0.198. The van der Waals surface area contributed by atoms with Gasteiger partial charge in [-0.25, -0.2) is 4.79 Å². The molecule has 1 saturated heterocycles. The topological polar surface area (TPSA) is 72.9 Å². The van der Waals surface area contributed by atoms with Gasteiger partial charge in [0.05, 0.1) is 6.42 Å². The van der Waals surface area contributed by atoms with Crippen LogP contribution in [0.1, 0.15) is 19.8 Å². The Kier molecular flexibility index (Phi) is 3.19. The van der Waals surface area contributed by atoms with E-state index in [0.717, 1.165) is 0 Å². The normalized spacial score (nSPS) is 21.6. The molecule has 1 unspecified atom stereocenters. The van der Waals surface area contributed by atoms with Crippen LogP contribution in [0.2, 0.25) is 0 Å². The van der Waals surface area contributed by atoms with Gasteiger partial charge >= 0.3 is 5.97 Å². The van der Waals surface area contributed by atoms with E-state index in [9.17, 15) is 14.4 Å². The number of rotatable bonds is 3. The molecule has 1 heterocycles. The highest BCUT2D eigenvalue weighted by molar-refractivity contribution is 6.04. The van der Waals surface area contributed by atoms with Crippen molar-refractivity contribution in [3.8, 4) is 0 Å². The van der Waals surface area contributed by atoms with Crippen LogP contribution in [-0.4, -0.2) is 36.1 Å². The smallest absolute Gasteiger partial charge is 0.332 e. The number of carbonyl (C=O) groups is 3. The minimum Gasteiger partial charge on any atom is -0.371 e. The average Bonchev–Trinajstić information content (AvgIpc) is 2.44. The first-order valence-corrected chi connectivity index (χ1v) is 4.20. The molecule has 1 fully saturated rings. The molecule has 78 valence electrons. The van der Waals surface area contributed by atoms with Gasteiger partial charge in [0.2, 0.25) is 0 Å². The van der Waals surface area contributed by atoms with Crippen molar-refractivity contribution in [2.45, 2.75) is 25.9 Å². The van der Waals surface area contributed by atoms with Crippen LogP contribution >= 0.6 is 0 Å². The lowest BCUT2D eigenvalue weighted by atomic mass is 10.3. The first-order chi connectivity index (χ1) is 6.60. The molecule has 1 atom stereocenters. The number of ether oxygens (including phenoxy) is 1. The molecule has 0 bridgehead atoms. The molecule has 0 aromatic heterocycles. The molecular weight excluding hydrogens is 190 g/mol. The maximum Gasteiger partial charge on any atom is 0.332 e. The molecule has 0 aliphatic carbocycles. The van der Waals surface area contributed by atoms with E-state index in [1.165, 1.54) is 7.11 Å². The lowest BCUT2D eigenvalue weighted by Gasteiger charge is -2.12. The van der Waals surface area contributed by atoms with Crippen LogP contribution < -0.4 is 0 Å². The summed E-state index contributed by atoms with van der Waals surface area (Å²) in [5.41, 5.74) is 0. The molecule has 0 radical (unpaired) electrons. The molecule has 6 heteroatoms. The van der Waals surface area contributed by atoms with Crippen molar-refractivity contribution in [3.63, 3.8) is 0 Å². The van der Waals surface area contributed by atoms with Crippen molar-refractivity contribution in [1.82, 2.24) is 5.06 Å². The van der Waals surface area contributed by atoms with E-state index in [4.69, 9.17) is 4.74 Å². The number of hydrogen-bond acceptors (Lipinski definition) is 5. The van der Waals surface area contributed by atoms with Crippen LogP contribution in [0.5, 0.6) is 0 Å². The van der Waals surface area contributed by atoms with Gasteiger partial charge in [0.1, 0.15) is 6.10 Å². The number of nitrogens with zero attached hydrogens (tertiary/aromatic N) is 1. The monoisotopic (exact) mass is 201 g/mol. The van der Waals surface area contributed by atoms with Crippen LogP contribution in [-0.2, 0) is 24.0 Å². The molecule has 0 saturated carbocycles. The largest absolute Gasteiger partial charge is 0.371 e. The molecular formula is C8H11NO5. The average molecular weight is 201 g/mol. The predicted molar refractivity (Wildman–Crippen MR) is 43.7 cm³/mol. The fourth-order valence-corrected chi connectivity index (χ4v) is 1.03. The number of amides is 2. The van der Waals surface area contributed by atoms with E-state index in [2.05, 4.69) is 4.84 Å². The Morgan fingerprint density at radius 3 is 2.64 bits per heavy atom. The number of imide groups is 1. The summed E-state index contributed by atoms with van der Waals surface area (Å²) in [5, 5.41) is 0.472. The van der Waals surface area contributed by atoms with E-state index in [0.29, 0.717) is 5.06 Å². The SMILES string of the molecule is CCC(=O)ON1C(=O)CC(OC)C1=O. The second-order valence-electron chi connectivity index (χ2n) is 2.77. The Balaban J connectivity index is 2.65. The van der Waals surface area contributed by atoms with Gasteiger partial charge in [0.25, 0.3) is 11.8 Å². The molecule has 2 amide bonds. The van der Waals surface area contributed by atoms with Gasteiger partial charge in [-0.15, -0.1) is 0 Å². The highest BCUT2D eigenvalue weighted by Gasteiger charge is 2.41.